The second-order valence-electron chi connectivity index (χ2n) is 7.64. The molecule has 172 valence electrons. The van der Waals surface area contributed by atoms with Gasteiger partial charge in [0, 0.05) is 36.7 Å². The van der Waals surface area contributed by atoms with E-state index >= 15 is 0 Å². The number of carbonyl (C=O) groups excluding carboxylic acids is 3. The highest BCUT2D eigenvalue weighted by molar-refractivity contribution is 6.40. The van der Waals surface area contributed by atoms with Gasteiger partial charge in [-0.15, -0.1) is 0 Å². The number of aromatic amines is 1. The van der Waals surface area contributed by atoms with E-state index in [1.807, 2.05) is 24.4 Å². The van der Waals surface area contributed by atoms with Crippen molar-refractivity contribution in [3.05, 3.63) is 59.8 Å². The van der Waals surface area contributed by atoms with Crippen molar-refractivity contribution >= 4 is 34.3 Å². The normalized spacial score (nSPS) is 13.5. The minimum Gasteiger partial charge on any atom is -0.497 e. The highest BCUT2D eigenvalue weighted by atomic mass is 16.5. The highest BCUT2D eigenvalue weighted by Crippen LogP contribution is 2.24. The van der Waals surface area contributed by atoms with Crippen LogP contribution >= 0.6 is 0 Å². The van der Waals surface area contributed by atoms with E-state index in [1.54, 1.807) is 36.3 Å². The van der Waals surface area contributed by atoms with Gasteiger partial charge in [-0.25, -0.2) is 0 Å². The average molecular weight is 450 g/mol. The summed E-state index contributed by atoms with van der Waals surface area (Å²) in [6.07, 6.45) is 2.42. The molecule has 0 unspecified atom stereocenters. The minimum atomic E-state index is -0.821. The Hall–Kier alpha value is -3.85. The third-order valence-electron chi connectivity index (χ3n) is 5.56. The van der Waals surface area contributed by atoms with Gasteiger partial charge >= 0.3 is 11.8 Å². The van der Waals surface area contributed by atoms with Crippen LogP contribution in [0.5, 0.6) is 5.75 Å². The molecule has 2 heterocycles. The molecular weight excluding hydrogens is 424 g/mol. The van der Waals surface area contributed by atoms with Crippen LogP contribution in [0.1, 0.15) is 15.9 Å². The van der Waals surface area contributed by atoms with E-state index in [0.29, 0.717) is 44.0 Å². The Morgan fingerprint density at radius 3 is 2.67 bits per heavy atom. The van der Waals surface area contributed by atoms with Gasteiger partial charge in [0.1, 0.15) is 5.75 Å². The Kier molecular flexibility index (Phi) is 6.89. The number of para-hydroxylation sites is 1. The Labute approximate surface area is 191 Å². The molecule has 1 fully saturated rings. The maximum Gasteiger partial charge on any atom is 0.313 e. The lowest BCUT2D eigenvalue weighted by Crippen LogP contribution is -2.41. The van der Waals surface area contributed by atoms with Crippen LogP contribution in [-0.2, 0) is 20.7 Å². The van der Waals surface area contributed by atoms with Crippen LogP contribution in [0.25, 0.3) is 10.9 Å². The Morgan fingerprint density at radius 2 is 1.88 bits per heavy atom. The fourth-order valence-corrected chi connectivity index (χ4v) is 3.78. The molecule has 33 heavy (non-hydrogen) atoms. The molecule has 1 aromatic heterocycles. The predicted octanol–water partition coefficient (Wildman–Crippen LogP) is 1.95. The molecule has 3 N–H and O–H groups in total. The number of hydrogen-bond acceptors (Lipinski definition) is 5. The fourth-order valence-electron chi connectivity index (χ4n) is 3.78. The van der Waals surface area contributed by atoms with E-state index in [1.165, 1.54) is 0 Å². The molecule has 3 aromatic rings. The zero-order chi connectivity index (χ0) is 23.2. The number of nitrogens with zero attached hydrogens (tertiary/aromatic N) is 1. The first-order valence-corrected chi connectivity index (χ1v) is 10.8. The summed E-state index contributed by atoms with van der Waals surface area (Å²) >= 11 is 0. The topological polar surface area (TPSA) is 113 Å². The molecule has 1 saturated heterocycles. The molecule has 1 aliphatic rings. The van der Waals surface area contributed by atoms with Crippen LogP contribution in [0.3, 0.4) is 0 Å². The third kappa shape index (κ3) is 5.15. The molecule has 9 heteroatoms. The molecule has 9 nitrogen and oxygen atoms in total. The van der Waals surface area contributed by atoms with E-state index in [9.17, 15) is 14.4 Å². The second kappa shape index (κ2) is 10.2. The number of benzene rings is 2. The van der Waals surface area contributed by atoms with E-state index in [-0.39, 0.29) is 12.5 Å². The number of H-pyrrole nitrogens is 1. The van der Waals surface area contributed by atoms with Gasteiger partial charge in [-0.05, 0) is 42.3 Å². The Morgan fingerprint density at radius 1 is 1.09 bits per heavy atom. The van der Waals surface area contributed by atoms with E-state index in [4.69, 9.17) is 9.47 Å². The van der Waals surface area contributed by atoms with Gasteiger partial charge < -0.3 is 30.0 Å². The number of rotatable bonds is 6. The number of methoxy groups -OCH3 is 1. The number of amides is 3. The van der Waals surface area contributed by atoms with Crippen molar-refractivity contribution in [1.29, 1.82) is 0 Å². The lowest BCUT2D eigenvalue weighted by Gasteiger charge is -2.27. The maximum absolute atomic E-state index is 12.8. The van der Waals surface area contributed by atoms with Crippen LogP contribution in [0.15, 0.2) is 48.7 Å². The maximum atomic E-state index is 12.8. The number of morpholine rings is 1. The van der Waals surface area contributed by atoms with Gasteiger partial charge in [0.2, 0.25) is 0 Å². The van der Waals surface area contributed by atoms with Gasteiger partial charge in [-0.2, -0.15) is 0 Å². The van der Waals surface area contributed by atoms with Crippen LogP contribution in [0.4, 0.5) is 5.69 Å². The van der Waals surface area contributed by atoms with Crippen LogP contribution < -0.4 is 15.4 Å². The van der Waals surface area contributed by atoms with Gasteiger partial charge in [-0.1, -0.05) is 12.1 Å². The third-order valence-corrected chi connectivity index (χ3v) is 5.56. The SMILES string of the molecule is COc1ccc2[nH]cc(CCNC(=O)C(=O)Nc3ccccc3C(=O)N3CCOCC3)c2c1. The lowest BCUT2D eigenvalue weighted by atomic mass is 10.1. The molecule has 0 atom stereocenters. The number of hydrogen-bond donors (Lipinski definition) is 3. The summed E-state index contributed by atoms with van der Waals surface area (Å²) < 4.78 is 10.6. The molecule has 4 rings (SSSR count). The Bertz CT molecular complexity index is 1170. The van der Waals surface area contributed by atoms with Crippen molar-refractivity contribution in [2.75, 3.05) is 45.3 Å². The molecular formula is C24H26N4O5. The predicted molar refractivity (Wildman–Crippen MR) is 123 cm³/mol. The molecule has 3 amide bonds. The van der Waals surface area contributed by atoms with Crippen molar-refractivity contribution in [2.24, 2.45) is 0 Å². The lowest BCUT2D eigenvalue weighted by molar-refractivity contribution is -0.136. The molecule has 0 bridgehead atoms. The first-order valence-electron chi connectivity index (χ1n) is 10.8. The van der Waals surface area contributed by atoms with Crippen LogP contribution in [0, 0.1) is 0 Å². The van der Waals surface area contributed by atoms with Crippen molar-refractivity contribution in [3.8, 4) is 5.75 Å². The molecule has 0 spiro atoms. The summed E-state index contributed by atoms with van der Waals surface area (Å²) in [4.78, 5) is 42.5. The monoisotopic (exact) mass is 450 g/mol. The number of ether oxygens (including phenoxy) is 2. The van der Waals surface area contributed by atoms with Gasteiger partial charge in [0.15, 0.2) is 0 Å². The first-order chi connectivity index (χ1) is 16.1. The fraction of sp³-hybridized carbons (Fsp3) is 0.292. The standard InChI is InChI=1S/C24H26N4O5/c1-32-17-6-7-20-19(14-17)16(15-26-20)8-9-25-22(29)23(30)27-21-5-3-2-4-18(21)24(31)28-10-12-33-13-11-28/h2-7,14-15,26H,8-13H2,1H3,(H,25,29)(H,27,30). The average Bonchev–Trinajstić information content (AvgIpc) is 3.26. The Balaban J connectivity index is 1.35. The minimum absolute atomic E-state index is 0.204. The summed E-state index contributed by atoms with van der Waals surface area (Å²) in [5, 5.41) is 6.21. The molecule has 0 radical (unpaired) electrons. The summed E-state index contributed by atoms with van der Waals surface area (Å²) in [7, 11) is 1.61. The van der Waals surface area contributed by atoms with Crippen molar-refractivity contribution in [3.63, 3.8) is 0 Å². The van der Waals surface area contributed by atoms with E-state index < -0.39 is 11.8 Å². The number of fused-ring (bicyclic) bond motifs is 1. The van der Waals surface area contributed by atoms with Crippen LogP contribution in [-0.4, -0.2) is 67.6 Å². The summed E-state index contributed by atoms with van der Waals surface area (Å²) in [6.45, 7) is 2.21. The number of aromatic nitrogens is 1. The number of nitrogens with one attached hydrogen (secondary N) is 3. The van der Waals surface area contributed by atoms with Gasteiger partial charge in [0.05, 0.1) is 31.6 Å². The van der Waals surface area contributed by atoms with E-state index in [0.717, 1.165) is 22.2 Å². The molecule has 0 saturated carbocycles. The largest absolute Gasteiger partial charge is 0.497 e. The molecule has 2 aromatic carbocycles. The highest BCUT2D eigenvalue weighted by Gasteiger charge is 2.23. The van der Waals surface area contributed by atoms with Crippen molar-refractivity contribution in [2.45, 2.75) is 6.42 Å². The first kappa shape index (κ1) is 22.3. The number of anilines is 1. The zero-order valence-corrected chi connectivity index (χ0v) is 18.3. The van der Waals surface area contributed by atoms with Gasteiger partial charge in [-0.3, -0.25) is 14.4 Å². The number of carbonyl (C=O) groups is 3. The second-order valence-corrected chi connectivity index (χ2v) is 7.64. The zero-order valence-electron chi connectivity index (χ0n) is 18.3. The van der Waals surface area contributed by atoms with E-state index in [2.05, 4.69) is 15.6 Å². The van der Waals surface area contributed by atoms with Crippen molar-refractivity contribution in [1.82, 2.24) is 15.2 Å². The molecule has 0 aliphatic carbocycles. The van der Waals surface area contributed by atoms with Gasteiger partial charge in [0.25, 0.3) is 5.91 Å². The van der Waals surface area contributed by atoms with Crippen molar-refractivity contribution < 1.29 is 23.9 Å². The summed E-state index contributed by atoms with van der Waals surface area (Å²) in [6, 6.07) is 12.4. The summed E-state index contributed by atoms with van der Waals surface area (Å²) in [5.41, 5.74) is 2.62. The quantitative estimate of drug-likeness (QED) is 0.497. The smallest absolute Gasteiger partial charge is 0.313 e. The summed E-state index contributed by atoms with van der Waals surface area (Å²) in [5.74, 6) is -1.04. The molecule has 1 aliphatic heterocycles. The van der Waals surface area contributed by atoms with Crippen LogP contribution in [0.2, 0.25) is 0 Å².